The second kappa shape index (κ2) is 12.8. The Morgan fingerprint density at radius 2 is 2.00 bits per heavy atom. The van der Waals surface area contributed by atoms with Crippen molar-refractivity contribution in [3.05, 3.63) is 75.3 Å². The molecule has 0 unspecified atom stereocenters. The van der Waals surface area contributed by atoms with Crippen LogP contribution in [0.4, 0.5) is 4.39 Å². The molecule has 1 aliphatic carbocycles. The van der Waals surface area contributed by atoms with E-state index in [0.29, 0.717) is 6.42 Å². The molecular weight excluding hydrogens is 409 g/mol. The van der Waals surface area contributed by atoms with Gasteiger partial charge in [-0.2, -0.15) is 5.26 Å². The summed E-state index contributed by atoms with van der Waals surface area (Å²) in [6, 6.07) is 6.71. The lowest BCUT2D eigenvalue weighted by atomic mass is 9.86. The van der Waals surface area contributed by atoms with E-state index in [1.54, 1.807) is 6.07 Å². The van der Waals surface area contributed by atoms with Crippen LogP contribution < -0.4 is 0 Å². The number of allylic oxidation sites excluding steroid dienone is 7. The van der Waals surface area contributed by atoms with Crippen LogP contribution in [-0.2, 0) is 0 Å². The second-order valence-corrected chi connectivity index (χ2v) is 8.62. The summed E-state index contributed by atoms with van der Waals surface area (Å²) in [7, 11) is 0. The Morgan fingerprint density at radius 3 is 2.61 bits per heavy atom. The van der Waals surface area contributed by atoms with Crippen molar-refractivity contribution in [3.63, 3.8) is 0 Å². The maximum absolute atomic E-state index is 14.5. The van der Waals surface area contributed by atoms with Gasteiger partial charge in [-0.1, -0.05) is 38.0 Å². The molecule has 2 rings (SSSR count). The fraction of sp³-hybridized carbons (Fsp3) is 0.414. The zero-order valence-corrected chi connectivity index (χ0v) is 20.7. The van der Waals surface area contributed by atoms with Crippen LogP contribution in [0.1, 0.15) is 90.7 Å². The van der Waals surface area contributed by atoms with Crippen molar-refractivity contribution in [2.45, 2.75) is 79.6 Å². The zero-order valence-electron chi connectivity index (χ0n) is 20.7. The van der Waals surface area contributed by atoms with Crippen LogP contribution >= 0.6 is 0 Å². The minimum Gasteiger partial charge on any atom is -0.309 e. The molecule has 0 aliphatic heterocycles. The predicted octanol–water partition coefficient (Wildman–Crippen LogP) is 8.49. The summed E-state index contributed by atoms with van der Waals surface area (Å²) in [5.41, 5.74) is 8.17. The molecule has 4 heteroatoms. The predicted molar refractivity (Wildman–Crippen MR) is 138 cm³/mol. The molecule has 0 saturated heterocycles. The molecule has 0 bridgehead atoms. The van der Waals surface area contributed by atoms with E-state index in [0.717, 1.165) is 72.2 Å². The molecule has 0 amide bonds. The van der Waals surface area contributed by atoms with Crippen molar-refractivity contribution in [2.75, 3.05) is 0 Å². The third-order valence-electron chi connectivity index (χ3n) is 6.07. The average molecular weight is 446 g/mol. The molecule has 3 nitrogen and oxygen atoms in total. The average Bonchev–Trinajstić information content (AvgIpc) is 2.80. The molecule has 0 heterocycles. The molecule has 1 aromatic rings. The monoisotopic (exact) mass is 445 g/mol. The maximum Gasteiger partial charge on any atom is 0.141 e. The number of nitriles is 1. The molecule has 0 radical (unpaired) electrons. The number of rotatable bonds is 10. The van der Waals surface area contributed by atoms with Gasteiger partial charge < -0.3 is 5.41 Å². The molecule has 0 saturated carbocycles. The highest BCUT2D eigenvalue weighted by atomic mass is 19.1. The minimum atomic E-state index is -0.510. The zero-order chi connectivity index (χ0) is 24.4. The number of hydrogen-bond donors (Lipinski definition) is 1. The highest BCUT2D eigenvalue weighted by Gasteiger charge is 2.17. The molecule has 0 spiro atoms. The minimum absolute atomic E-state index is 0.0461. The first kappa shape index (κ1) is 26.2. The van der Waals surface area contributed by atoms with Crippen LogP contribution in [0.5, 0.6) is 0 Å². The van der Waals surface area contributed by atoms with E-state index in [2.05, 4.69) is 37.9 Å². The summed E-state index contributed by atoms with van der Waals surface area (Å²) in [5, 5.41) is 17.4. The number of unbranched alkanes of at least 4 members (excludes halogenated alkanes) is 1. The topological polar surface area (TPSA) is 60.0 Å². The summed E-state index contributed by atoms with van der Waals surface area (Å²) in [6.45, 7) is 10.3. The Hall–Kier alpha value is -3.06. The molecule has 1 aliphatic rings. The van der Waals surface area contributed by atoms with E-state index in [9.17, 15) is 4.39 Å². The standard InChI is InChI=1S/C29H36FN3/c1-6-9-10-26(32)15-20(4)16-27(24-13-14-25(19-31)28(30)17-24)21(5)23-12-11-22(7-2)29(18-23)33-8-3/h8,13-14,16-18,32H,6-7,9-12,15H2,1-5H3/b20-16+,27-21-,32-26?,33-8?. The molecule has 174 valence electrons. The van der Waals surface area contributed by atoms with Crippen LogP contribution in [0.15, 0.2) is 63.3 Å². The first-order valence-corrected chi connectivity index (χ1v) is 11.9. The van der Waals surface area contributed by atoms with Gasteiger partial charge >= 0.3 is 0 Å². The summed E-state index contributed by atoms with van der Waals surface area (Å²) in [6.07, 6.45) is 12.4. The van der Waals surface area contributed by atoms with Gasteiger partial charge in [0.15, 0.2) is 0 Å². The van der Waals surface area contributed by atoms with Crippen molar-refractivity contribution in [1.82, 2.24) is 0 Å². The van der Waals surface area contributed by atoms with E-state index in [4.69, 9.17) is 10.7 Å². The van der Waals surface area contributed by atoms with Crippen LogP contribution in [0.2, 0.25) is 0 Å². The van der Waals surface area contributed by atoms with Crippen molar-refractivity contribution in [3.8, 4) is 6.07 Å². The second-order valence-electron chi connectivity index (χ2n) is 8.62. The quantitative estimate of drug-likeness (QED) is 0.285. The normalized spacial score (nSPS) is 15.4. The van der Waals surface area contributed by atoms with Crippen molar-refractivity contribution < 1.29 is 4.39 Å². The first-order chi connectivity index (χ1) is 15.8. The van der Waals surface area contributed by atoms with Crippen molar-refractivity contribution >= 4 is 17.5 Å². The van der Waals surface area contributed by atoms with Crippen molar-refractivity contribution in [2.24, 2.45) is 4.99 Å². The number of nitrogens with one attached hydrogen (secondary N) is 1. The lowest BCUT2D eigenvalue weighted by Crippen LogP contribution is -2.02. The number of benzene rings is 1. The fourth-order valence-corrected chi connectivity index (χ4v) is 4.14. The van der Waals surface area contributed by atoms with E-state index in [1.807, 2.05) is 32.2 Å². The smallest absolute Gasteiger partial charge is 0.141 e. The Labute approximate surface area is 198 Å². The van der Waals surface area contributed by atoms with Gasteiger partial charge in [-0.05, 0) is 98.9 Å². The summed E-state index contributed by atoms with van der Waals surface area (Å²) in [5.74, 6) is -0.510. The van der Waals surface area contributed by atoms with Crippen molar-refractivity contribution in [1.29, 1.82) is 10.7 Å². The molecule has 1 N–H and O–H groups in total. The summed E-state index contributed by atoms with van der Waals surface area (Å²) >= 11 is 0. The van der Waals surface area contributed by atoms with E-state index >= 15 is 0 Å². The lowest BCUT2D eigenvalue weighted by molar-refractivity contribution is 0.623. The van der Waals surface area contributed by atoms with E-state index < -0.39 is 5.82 Å². The fourth-order valence-electron chi connectivity index (χ4n) is 4.14. The van der Waals surface area contributed by atoms with Gasteiger partial charge in [0.2, 0.25) is 0 Å². The van der Waals surface area contributed by atoms with Crippen LogP contribution in [-0.4, -0.2) is 11.9 Å². The van der Waals surface area contributed by atoms with E-state index in [-0.39, 0.29) is 5.56 Å². The largest absolute Gasteiger partial charge is 0.309 e. The van der Waals surface area contributed by atoms with Crippen LogP contribution in [0, 0.1) is 22.6 Å². The van der Waals surface area contributed by atoms with Gasteiger partial charge in [0.1, 0.15) is 11.9 Å². The van der Waals surface area contributed by atoms with Gasteiger partial charge in [-0.15, -0.1) is 0 Å². The summed E-state index contributed by atoms with van der Waals surface area (Å²) < 4.78 is 14.5. The Bertz CT molecular complexity index is 1070. The van der Waals surface area contributed by atoms with Crippen LogP contribution in [0.3, 0.4) is 0 Å². The maximum atomic E-state index is 14.5. The molecular formula is C29H36FN3. The molecule has 0 fully saturated rings. The number of hydrogen-bond acceptors (Lipinski definition) is 3. The lowest BCUT2D eigenvalue weighted by Gasteiger charge is -2.20. The Morgan fingerprint density at radius 1 is 1.24 bits per heavy atom. The van der Waals surface area contributed by atoms with Gasteiger partial charge in [0, 0.05) is 18.3 Å². The Balaban J connectivity index is 2.59. The number of nitrogens with zero attached hydrogens (tertiary/aromatic N) is 2. The number of halogens is 1. The van der Waals surface area contributed by atoms with Gasteiger partial charge in [-0.3, -0.25) is 4.99 Å². The molecule has 33 heavy (non-hydrogen) atoms. The summed E-state index contributed by atoms with van der Waals surface area (Å²) in [4.78, 5) is 4.58. The van der Waals surface area contributed by atoms with Gasteiger partial charge in [0.05, 0.1) is 11.3 Å². The number of aliphatic imine (C=N–C) groups is 1. The van der Waals surface area contributed by atoms with Gasteiger partial charge in [0.25, 0.3) is 0 Å². The third kappa shape index (κ3) is 7.22. The third-order valence-corrected chi connectivity index (χ3v) is 6.07. The van der Waals surface area contributed by atoms with E-state index in [1.165, 1.54) is 17.2 Å². The molecule has 0 atom stereocenters. The van der Waals surface area contributed by atoms with Crippen LogP contribution in [0.25, 0.3) is 5.57 Å². The Kier molecular flexibility index (Phi) is 10.2. The van der Waals surface area contributed by atoms with Gasteiger partial charge in [-0.25, -0.2) is 4.39 Å². The highest BCUT2D eigenvalue weighted by molar-refractivity contribution is 5.86. The molecule has 1 aromatic carbocycles. The highest BCUT2D eigenvalue weighted by Crippen LogP contribution is 2.35. The first-order valence-electron chi connectivity index (χ1n) is 11.9. The molecule has 0 aromatic heterocycles. The SMILES string of the molecule is CC=NC1=C(CC)CCC(/C(C)=C(/C=C(\C)CC(=N)CCCC)c2ccc(C#N)c(F)c2)=C1.